The van der Waals surface area contributed by atoms with Gasteiger partial charge in [-0.2, -0.15) is 11.8 Å². The Hall–Kier alpha value is 0.270. The molecule has 2 rings (SSSR count). The summed E-state index contributed by atoms with van der Waals surface area (Å²) in [7, 11) is 2.13. The lowest BCUT2D eigenvalue weighted by atomic mass is 9.79. The van der Waals surface area contributed by atoms with Crippen molar-refractivity contribution < 1.29 is 0 Å². The predicted octanol–water partition coefficient (Wildman–Crippen LogP) is 2.98. The first kappa shape index (κ1) is 14.7. The summed E-state index contributed by atoms with van der Waals surface area (Å²) in [5.41, 5.74) is 0.562. The van der Waals surface area contributed by atoms with Gasteiger partial charge in [0, 0.05) is 37.2 Å². The fourth-order valence-corrected chi connectivity index (χ4v) is 4.84. The molecule has 2 fully saturated rings. The van der Waals surface area contributed by atoms with Crippen molar-refractivity contribution in [3.05, 3.63) is 0 Å². The third-order valence-electron chi connectivity index (χ3n) is 4.60. The van der Waals surface area contributed by atoms with E-state index in [4.69, 9.17) is 0 Å². The minimum atomic E-state index is 0.562. The average Bonchev–Trinajstić information content (AvgIpc) is 2.55. The number of rotatable bonds is 4. The van der Waals surface area contributed by atoms with Gasteiger partial charge in [-0.05, 0) is 25.3 Å². The molecule has 0 spiro atoms. The maximum Gasteiger partial charge on any atom is 0.0147 e. The maximum absolute atomic E-state index is 3.47. The van der Waals surface area contributed by atoms with Crippen molar-refractivity contribution in [2.45, 2.75) is 50.7 Å². The van der Waals surface area contributed by atoms with Gasteiger partial charge in [-0.25, -0.2) is 0 Å². The summed E-state index contributed by atoms with van der Waals surface area (Å²) in [6.45, 7) is 7.54. The van der Waals surface area contributed by atoms with Gasteiger partial charge in [-0.1, -0.05) is 32.6 Å². The monoisotopic (exact) mass is 270 g/mol. The van der Waals surface area contributed by atoms with Crippen LogP contribution in [0.25, 0.3) is 0 Å². The maximum atomic E-state index is 3.47. The van der Waals surface area contributed by atoms with E-state index in [1.54, 1.807) is 0 Å². The lowest BCUT2D eigenvalue weighted by molar-refractivity contribution is 0.132. The number of nitrogens with one attached hydrogen (secondary N) is 1. The Labute approximate surface area is 117 Å². The highest BCUT2D eigenvalue weighted by Gasteiger charge is 2.33. The van der Waals surface area contributed by atoms with Crippen LogP contribution in [0.3, 0.4) is 0 Å². The standard InChI is InChI=1S/C15H30N2S/c1-14-11-17(9-10-18-14)13-15(12-16-2)7-5-3-4-6-8-15/h14,16H,3-13H2,1-2H3. The van der Waals surface area contributed by atoms with E-state index in [2.05, 4.69) is 35.9 Å². The van der Waals surface area contributed by atoms with E-state index >= 15 is 0 Å². The molecule has 2 aliphatic rings. The molecular formula is C15H30N2S. The van der Waals surface area contributed by atoms with Gasteiger partial charge < -0.3 is 10.2 Å². The number of thioether (sulfide) groups is 1. The van der Waals surface area contributed by atoms with Crippen LogP contribution >= 0.6 is 11.8 Å². The van der Waals surface area contributed by atoms with Crippen LogP contribution in [0.15, 0.2) is 0 Å². The highest BCUT2D eigenvalue weighted by molar-refractivity contribution is 7.99. The summed E-state index contributed by atoms with van der Waals surface area (Å²) in [6.07, 6.45) is 8.67. The number of nitrogens with zero attached hydrogens (tertiary/aromatic N) is 1. The van der Waals surface area contributed by atoms with Crippen molar-refractivity contribution in [2.75, 3.05) is 39.0 Å². The Morgan fingerprint density at radius 1 is 1.22 bits per heavy atom. The third-order valence-corrected chi connectivity index (χ3v) is 5.74. The molecule has 1 saturated heterocycles. The smallest absolute Gasteiger partial charge is 0.0147 e. The van der Waals surface area contributed by atoms with E-state index in [0.29, 0.717) is 5.41 Å². The molecular weight excluding hydrogens is 240 g/mol. The summed E-state index contributed by atoms with van der Waals surface area (Å²) in [4.78, 5) is 2.74. The fourth-order valence-electron chi connectivity index (χ4n) is 3.75. The molecule has 0 aromatic carbocycles. The molecule has 2 nitrogen and oxygen atoms in total. The lowest BCUT2D eigenvalue weighted by Gasteiger charge is -2.40. The second-order valence-electron chi connectivity index (χ2n) is 6.36. The van der Waals surface area contributed by atoms with Crippen molar-refractivity contribution in [3.63, 3.8) is 0 Å². The van der Waals surface area contributed by atoms with Crippen molar-refractivity contribution in [1.82, 2.24) is 10.2 Å². The van der Waals surface area contributed by atoms with Crippen LogP contribution < -0.4 is 5.32 Å². The Morgan fingerprint density at radius 2 is 1.94 bits per heavy atom. The highest BCUT2D eigenvalue weighted by Crippen LogP contribution is 2.36. The van der Waals surface area contributed by atoms with Crippen molar-refractivity contribution in [2.24, 2.45) is 5.41 Å². The molecule has 1 aliphatic heterocycles. The molecule has 1 aliphatic carbocycles. The molecule has 0 radical (unpaired) electrons. The Kier molecular flexibility index (Phi) is 5.84. The summed E-state index contributed by atoms with van der Waals surface area (Å²) in [5.74, 6) is 1.33. The summed E-state index contributed by atoms with van der Waals surface area (Å²) in [6, 6.07) is 0. The first-order valence-corrected chi connectivity index (χ1v) is 8.78. The fraction of sp³-hybridized carbons (Fsp3) is 1.00. The molecule has 0 amide bonds. The summed E-state index contributed by atoms with van der Waals surface area (Å²) >= 11 is 2.14. The lowest BCUT2D eigenvalue weighted by Crippen LogP contribution is -2.47. The molecule has 0 aromatic heterocycles. The zero-order valence-electron chi connectivity index (χ0n) is 12.2. The molecule has 1 atom stereocenters. The number of hydrogen-bond acceptors (Lipinski definition) is 3. The molecule has 1 saturated carbocycles. The third kappa shape index (κ3) is 4.14. The van der Waals surface area contributed by atoms with Crippen LogP contribution in [0.1, 0.15) is 45.4 Å². The van der Waals surface area contributed by atoms with E-state index < -0.39 is 0 Å². The summed E-state index contributed by atoms with van der Waals surface area (Å²) in [5, 5.41) is 4.30. The van der Waals surface area contributed by atoms with Gasteiger partial charge >= 0.3 is 0 Å². The largest absolute Gasteiger partial charge is 0.319 e. The SMILES string of the molecule is CNCC1(CN2CCSC(C)C2)CCCCCC1. The average molecular weight is 270 g/mol. The predicted molar refractivity (Wildman–Crippen MR) is 82.4 cm³/mol. The zero-order chi connectivity index (χ0) is 12.8. The Bertz CT molecular complexity index is 237. The van der Waals surface area contributed by atoms with Crippen molar-refractivity contribution >= 4 is 11.8 Å². The van der Waals surface area contributed by atoms with Gasteiger partial charge in [0.05, 0.1) is 0 Å². The molecule has 0 bridgehead atoms. The van der Waals surface area contributed by atoms with Crippen LogP contribution in [0.4, 0.5) is 0 Å². The van der Waals surface area contributed by atoms with E-state index in [-0.39, 0.29) is 0 Å². The van der Waals surface area contributed by atoms with Gasteiger partial charge in [0.25, 0.3) is 0 Å². The van der Waals surface area contributed by atoms with Gasteiger partial charge in [-0.3, -0.25) is 0 Å². The minimum absolute atomic E-state index is 0.562. The van der Waals surface area contributed by atoms with E-state index in [1.165, 1.54) is 70.5 Å². The van der Waals surface area contributed by atoms with Crippen LogP contribution in [-0.4, -0.2) is 49.1 Å². The van der Waals surface area contributed by atoms with E-state index in [9.17, 15) is 0 Å². The highest BCUT2D eigenvalue weighted by atomic mass is 32.2. The molecule has 1 heterocycles. The molecule has 1 unspecified atom stereocenters. The number of hydrogen-bond donors (Lipinski definition) is 1. The summed E-state index contributed by atoms with van der Waals surface area (Å²) < 4.78 is 0. The quantitative estimate of drug-likeness (QED) is 0.791. The second-order valence-corrected chi connectivity index (χ2v) is 7.91. The normalized spacial score (nSPS) is 30.0. The molecule has 1 N–H and O–H groups in total. The van der Waals surface area contributed by atoms with E-state index in [0.717, 1.165) is 5.25 Å². The zero-order valence-corrected chi connectivity index (χ0v) is 13.0. The first-order valence-electron chi connectivity index (χ1n) is 7.73. The van der Waals surface area contributed by atoms with Crippen LogP contribution in [0, 0.1) is 5.41 Å². The van der Waals surface area contributed by atoms with Crippen molar-refractivity contribution in [3.8, 4) is 0 Å². The first-order chi connectivity index (χ1) is 8.74. The topological polar surface area (TPSA) is 15.3 Å². The van der Waals surface area contributed by atoms with Gasteiger partial charge in [-0.15, -0.1) is 0 Å². The second kappa shape index (κ2) is 7.16. The van der Waals surface area contributed by atoms with Crippen LogP contribution in [0.5, 0.6) is 0 Å². The van der Waals surface area contributed by atoms with Crippen molar-refractivity contribution in [1.29, 1.82) is 0 Å². The van der Waals surface area contributed by atoms with Crippen LogP contribution in [-0.2, 0) is 0 Å². The minimum Gasteiger partial charge on any atom is -0.319 e. The van der Waals surface area contributed by atoms with Gasteiger partial charge in [0.2, 0.25) is 0 Å². The van der Waals surface area contributed by atoms with Crippen LogP contribution in [0.2, 0.25) is 0 Å². The Morgan fingerprint density at radius 3 is 2.56 bits per heavy atom. The molecule has 106 valence electrons. The van der Waals surface area contributed by atoms with E-state index in [1.807, 2.05) is 0 Å². The molecule has 0 aromatic rings. The molecule has 18 heavy (non-hydrogen) atoms. The van der Waals surface area contributed by atoms with Gasteiger partial charge in [0.1, 0.15) is 0 Å². The Balaban J connectivity index is 1.95. The van der Waals surface area contributed by atoms with Gasteiger partial charge in [0.15, 0.2) is 0 Å². The molecule has 3 heteroatoms.